The monoisotopic (exact) mass is 400 g/mol. The van der Waals surface area contributed by atoms with Crippen molar-refractivity contribution in [3.05, 3.63) is 78.6 Å². The summed E-state index contributed by atoms with van der Waals surface area (Å²) in [6, 6.07) is 19.1. The largest absolute Gasteiger partial charge is 0.497 e. The minimum absolute atomic E-state index is 0.220. The first-order chi connectivity index (χ1) is 14.2. The van der Waals surface area contributed by atoms with Gasteiger partial charge < -0.3 is 9.14 Å². The maximum atomic E-state index is 12.7. The molecule has 0 bridgehead atoms. The first-order valence-electron chi connectivity index (χ1n) is 9.00. The molecule has 0 aliphatic rings. The number of fused-ring (bicyclic) bond motifs is 2. The molecule has 0 saturated carbocycles. The van der Waals surface area contributed by atoms with Gasteiger partial charge in [-0.25, -0.2) is 9.97 Å². The van der Waals surface area contributed by atoms with E-state index in [9.17, 15) is 4.79 Å². The zero-order valence-electron chi connectivity index (χ0n) is 15.5. The van der Waals surface area contributed by atoms with Gasteiger partial charge in [-0.05, 0) is 30.3 Å². The minimum atomic E-state index is -0.220. The molecule has 3 aromatic heterocycles. The molecule has 7 heteroatoms. The van der Waals surface area contributed by atoms with Crippen molar-refractivity contribution in [2.24, 2.45) is 0 Å². The Morgan fingerprint density at radius 1 is 1.07 bits per heavy atom. The van der Waals surface area contributed by atoms with E-state index in [0.29, 0.717) is 16.3 Å². The van der Waals surface area contributed by atoms with Gasteiger partial charge in [0.05, 0.1) is 23.0 Å². The van der Waals surface area contributed by atoms with Crippen molar-refractivity contribution in [2.75, 3.05) is 12.4 Å². The van der Waals surface area contributed by atoms with Crippen LogP contribution in [0.3, 0.4) is 0 Å². The van der Waals surface area contributed by atoms with Crippen LogP contribution in [0.4, 0.5) is 5.13 Å². The van der Waals surface area contributed by atoms with Crippen LogP contribution in [0.1, 0.15) is 10.4 Å². The Morgan fingerprint density at radius 3 is 2.76 bits per heavy atom. The van der Waals surface area contributed by atoms with Crippen LogP contribution in [0.2, 0.25) is 0 Å². The number of pyridine rings is 1. The number of carbonyl (C=O) groups excluding carboxylic acids is 1. The quantitative estimate of drug-likeness (QED) is 0.467. The molecule has 3 heterocycles. The van der Waals surface area contributed by atoms with E-state index in [-0.39, 0.29) is 5.91 Å². The number of nitrogens with zero attached hydrogens (tertiary/aromatic N) is 3. The van der Waals surface area contributed by atoms with E-state index in [1.807, 2.05) is 65.3 Å². The predicted molar refractivity (Wildman–Crippen MR) is 115 cm³/mol. The van der Waals surface area contributed by atoms with Gasteiger partial charge in [-0.15, -0.1) is 0 Å². The summed E-state index contributed by atoms with van der Waals surface area (Å²) < 4.78 is 8.10. The number of carbonyl (C=O) groups is 1. The Balaban J connectivity index is 1.42. The average Bonchev–Trinajstić information content (AvgIpc) is 3.36. The highest BCUT2D eigenvalue weighted by Crippen LogP contribution is 2.29. The summed E-state index contributed by atoms with van der Waals surface area (Å²) in [5.41, 5.74) is 3.96. The lowest BCUT2D eigenvalue weighted by Gasteiger charge is -2.02. The van der Waals surface area contributed by atoms with E-state index in [1.165, 1.54) is 11.3 Å². The normalized spacial score (nSPS) is 11.1. The molecule has 2 aromatic carbocycles. The first kappa shape index (κ1) is 17.4. The predicted octanol–water partition coefficient (Wildman–Crippen LogP) is 4.87. The lowest BCUT2D eigenvalue weighted by molar-refractivity contribution is 0.102. The molecule has 0 fully saturated rings. The molecule has 0 atom stereocenters. The highest BCUT2D eigenvalue weighted by molar-refractivity contribution is 7.22. The summed E-state index contributed by atoms with van der Waals surface area (Å²) in [6.45, 7) is 0. The summed E-state index contributed by atoms with van der Waals surface area (Å²) in [6.07, 6.45) is 3.79. The fourth-order valence-electron chi connectivity index (χ4n) is 3.13. The number of benzene rings is 2. The van der Waals surface area contributed by atoms with Crippen molar-refractivity contribution in [1.29, 1.82) is 0 Å². The van der Waals surface area contributed by atoms with Crippen LogP contribution in [0.15, 0.2) is 73.1 Å². The molecule has 0 saturated heterocycles. The Labute approximate surface area is 170 Å². The first-order valence-corrected chi connectivity index (χ1v) is 9.81. The lowest BCUT2D eigenvalue weighted by atomic mass is 10.2. The third-order valence-corrected chi connectivity index (χ3v) is 5.54. The van der Waals surface area contributed by atoms with E-state index in [2.05, 4.69) is 15.3 Å². The molecular formula is C22H16N4O2S. The maximum Gasteiger partial charge on any atom is 0.257 e. The van der Waals surface area contributed by atoms with Crippen LogP contribution in [-0.2, 0) is 0 Å². The summed E-state index contributed by atoms with van der Waals surface area (Å²) >= 11 is 1.41. The van der Waals surface area contributed by atoms with Gasteiger partial charge in [-0.2, -0.15) is 0 Å². The molecule has 0 aliphatic heterocycles. The third kappa shape index (κ3) is 3.32. The summed E-state index contributed by atoms with van der Waals surface area (Å²) in [5, 5.41) is 3.43. The van der Waals surface area contributed by atoms with Gasteiger partial charge in [-0.3, -0.25) is 10.1 Å². The van der Waals surface area contributed by atoms with E-state index < -0.39 is 0 Å². The molecule has 0 aliphatic carbocycles. The molecular weight excluding hydrogens is 384 g/mol. The van der Waals surface area contributed by atoms with Crippen LogP contribution in [0.5, 0.6) is 5.75 Å². The number of thiazole rings is 1. The third-order valence-electron chi connectivity index (χ3n) is 4.61. The number of hydrogen-bond donors (Lipinski definition) is 1. The second-order valence-electron chi connectivity index (χ2n) is 6.48. The highest BCUT2D eigenvalue weighted by Gasteiger charge is 2.12. The van der Waals surface area contributed by atoms with Crippen LogP contribution in [-0.4, -0.2) is 27.4 Å². The van der Waals surface area contributed by atoms with Gasteiger partial charge in [0.2, 0.25) is 0 Å². The number of nitrogens with one attached hydrogen (secondary N) is 1. The summed E-state index contributed by atoms with van der Waals surface area (Å²) in [4.78, 5) is 21.8. The molecule has 0 spiro atoms. The molecule has 0 radical (unpaired) electrons. The van der Waals surface area contributed by atoms with Crippen LogP contribution >= 0.6 is 11.3 Å². The molecule has 1 N–H and O–H groups in total. The van der Waals surface area contributed by atoms with Gasteiger partial charge in [-0.1, -0.05) is 41.7 Å². The Hall–Kier alpha value is -3.71. The Kier molecular flexibility index (Phi) is 4.22. The lowest BCUT2D eigenvalue weighted by Crippen LogP contribution is -2.11. The van der Waals surface area contributed by atoms with Crippen molar-refractivity contribution in [1.82, 2.24) is 14.4 Å². The number of imidazole rings is 1. The molecule has 5 aromatic rings. The van der Waals surface area contributed by atoms with Gasteiger partial charge in [0.25, 0.3) is 5.91 Å². The van der Waals surface area contributed by atoms with E-state index in [1.54, 1.807) is 19.2 Å². The number of ether oxygens (including phenoxy) is 1. The average molecular weight is 400 g/mol. The van der Waals surface area contributed by atoms with E-state index in [4.69, 9.17) is 4.74 Å². The van der Waals surface area contributed by atoms with Crippen molar-refractivity contribution in [3.63, 3.8) is 0 Å². The SMILES string of the molecule is COc1ccc2nc(NC(=O)c3ccn4cc(-c5ccccc5)nc4c3)sc2c1. The van der Waals surface area contributed by atoms with Crippen LogP contribution in [0, 0.1) is 0 Å². The number of rotatable bonds is 4. The van der Waals surface area contributed by atoms with Crippen molar-refractivity contribution >= 4 is 38.2 Å². The van der Waals surface area contributed by atoms with Crippen LogP contribution < -0.4 is 10.1 Å². The highest BCUT2D eigenvalue weighted by atomic mass is 32.1. The van der Waals surface area contributed by atoms with E-state index in [0.717, 1.165) is 27.2 Å². The topological polar surface area (TPSA) is 68.5 Å². The smallest absolute Gasteiger partial charge is 0.257 e. The molecule has 29 heavy (non-hydrogen) atoms. The zero-order valence-corrected chi connectivity index (χ0v) is 16.3. The number of aromatic nitrogens is 3. The number of methoxy groups -OCH3 is 1. The van der Waals surface area contributed by atoms with Crippen molar-refractivity contribution < 1.29 is 9.53 Å². The molecule has 142 valence electrons. The second kappa shape index (κ2) is 7.03. The standard InChI is InChI=1S/C22H16N4O2S/c1-28-16-7-8-17-19(12-16)29-22(24-17)25-21(27)15-9-10-26-13-18(23-20(26)11-15)14-5-3-2-4-6-14/h2-13H,1H3,(H,24,25,27). The van der Waals surface area contributed by atoms with E-state index >= 15 is 0 Å². The number of anilines is 1. The number of hydrogen-bond acceptors (Lipinski definition) is 5. The van der Waals surface area contributed by atoms with Crippen molar-refractivity contribution in [3.8, 4) is 17.0 Å². The van der Waals surface area contributed by atoms with Crippen molar-refractivity contribution in [2.45, 2.75) is 0 Å². The number of amides is 1. The fraction of sp³-hybridized carbons (Fsp3) is 0.0455. The Morgan fingerprint density at radius 2 is 1.93 bits per heavy atom. The van der Waals surface area contributed by atoms with Gasteiger partial charge in [0.15, 0.2) is 5.13 Å². The minimum Gasteiger partial charge on any atom is -0.497 e. The molecule has 1 amide bonds. The second-order valence-corrected chi connectivity index (χ2v) is 7.51. The zero-order chi connectivity index (χ0) is 19.8. The summed E-state index contributed by atoms with van der Waals surface area (Å²) in [7, 11) is 1.62. The molecule has 5 rings (SSSR count). The van der Waals surface area contributed by atoms with Gasteiger partial charge in [0, 0.05) is 23.5 Å². The van der Waals surface area contributed by atoms with Gasteiger partial charge in [0.1, 0.15) is 11.4 Å². The Bertz CT molecular complexity index is 1340. The maximum absolute atomic E-state index is 12.7. The molecule has 6 nitrogen and oxygen atoms in total. The van der Waals surface area contributed by atoms with Crippen LogP contribution in [0.25, 0.3) is 27.1 Å². The molecule has 0 unspecified atom stereocenters. The summed E-state index contributed by atoms with van der Waals surface area (Å²) in [5.74, 6) is 0.542. The van der Waals surface area contributed by atoms with Gasteiger partial charge >= 0.3 is 0 Å². The fourth-order valence-corrected chi connectivity index (χ4v) is 4.02.